The second-order valence-electron chi connectivity index (χ2n) is 7.45. The van der Waals surface area contributed by atoms with Gasteiger partial charge in [-0.1, -0.05) is 23.4 Å². The molecule has 4 aromatic rings. The van der Waals surface area contributed by atoms with Crippen LogP contribution in [-0.4, -0.2) is 54.1 Å². The molecule has 0 radical (unpaired) electrons. The Balaban J connectivity index is 1.75. The van der Waals surface area contributed by atoms with Crippen molar-refractivity contribution in [1.29, 1.82) is 0 Å². The number of carbonyl (C=O) groups is 1. The minimum Gasteiger partial charge on any atom is -0.373 e. The predicted molar refractivity (Wildman–Crippen MR) is 114 cm³/mol. The van der Waals surface area contributed by atoms with E-state index in [1.165, 1.54) is 46.6 Å². The van der Waals surface area contributed by atoms with Crippen molar-refractivity contribution in [3.63, 3.8) is 0 Å². The summed E-state index contributed by atoms with van der Waals surface area (Å²) in [5, 5.41) is 19.6. The van der Waals surface area contributed by atoms with Crippen molar-refractivity contribution in [3.05, 3.63) is 66.1 Å². The summed E-state index contributed by atoms with van der Waals surface area (Å²) >= 11 is 0. The molecule has 1 aromatic carbocycles. The van der Waals surface area contributed by atoms with Gasteiger partial charge in [0.25, 0.3) is 0 Å². The maximum absolute atomic E-state index is 14.4. The van der Waals surface area contributed by atoms with Crippen LogP contribution < -0.4 is 5.32 Å². The Bertz CT molecular complexity index is 1480. The van der Waals surface area contributed by atoms with E-state index in [9.17, 15) is 31.9 Å². The maximum Gasteiger partial charge on any atom is 0.426 e. The summed E-state index contributed by atoms with van der Waals surface area (Å²) in [6.45, 7) is -3.71. The molecule has 0 aliphatic carbocycles. The lowest BCUT2D eigenvalue weighted by atomic mass is 9.99. The van der Waals surface area contributed by atoms with Gasteiger partial charge in [-0.3, -0.25) is 9.48 Å². The van der Waals surface area contributed by atoms with Gasteiger partial charge in [0.2, 0.25) is 5.60 Å². The van der Waals surface area contributed by atoms with Gasteiger partial charge in [0.05, 0.1) is 27.7 Å². The minimum atomic E-state index is -5.75. The van der Waals surface area contributed by atoms with Crippen LogP contribution in [-0.2, 0) is 11.3 Å². The van der Waals surface area contributed by atoms with E-state index in [-0.39, 0.29) is 35.0 Å². The normalized spacial score (nSPS) is 14.6. The number of alkyl halides is 3. The van der Waals surface area contributed by atoms with Crippen LogP contribution in [0, 0.1) is 11.6 Å². The Kier molecular flexibility index (Phi) is 5.85. The maximum atomic E-state index is 14.4. The van der Waals surface area contributed by atoms with E-state index in [2.05, 4.69) is 20.2 Å². The molecule has 0 fully saturated rings. The lowest BCUT2D eigenvalue weighted by molar-refractivity contribution is -0.244. The molecule has 1 atom stereocenters. The fraction of sp³-hybridized carbons (Fsp3) is 0.227. The first-order valence-electron chi connectivity index (χ1n) is 11.1. The highest BCUT2D eigenvalue weighted by Gasteiger charge is 2.57. The summed E-state index contributed by atoms with van der Waals surface area (Å²) < 4.78 is 90.7. The molecule has 188 valence electrons. The first-order valence-corrected chi connectivity index (χ1v) is 10.1. The molecular formula is C22H17F5N6O3. The van der Waals surface area contributed by atoms with E-state index in [0.717, 1.165) is 0 Å². The van der Waals surface area contributed by atoms with Crippen molar-refractivity contribution >= 4 is 11.6 Å². The average Bonchev–Trinajstić information content (AvgIpc) is 3.50. The highest BCUT2D eigenvalue weighted by molar-refractivity contribution is 5.86. The molecule has 0 bridgehead atoms. The van der Waals surface area contributed by atoms with E-state index >= 15 is 0 Å². The molecule has 2 N–H and O–H groups in total. The number of nitrogens with zero attached hydrogens (tertiary/aromatic N) is 5. The van der Waals surface area contributed by atoms with Crippen molar-refractivity contribution in [3.8, 4) is 22.9 Å². The van der Waals surface area contributed by atoms with E-state index in [0.29, 0.717) is 13.1 Å². The van der Waals surface area contributed by atoms with Gasteiger partial charge in [-0.15, -0.1) is 0 Å². The third kappa shape index (κ3) is 4.79. The molecule has 0 spiro atoms. The molecule has 0 amide bonds. The fourth-order valence-corrected chi connectivity index (χ4v) is 3.07. The molecule has 0 saturated heterocycles. The number of carbonyl (C=O) groups excluding carboxylic acids is 1. The standard InChI is InChI=1S/C22H17F5N6O3/c1-12(34)21(35,22(25,26)27)11-29-19-15(24)9-28-20(30-19)17-8-18(16-6-7-36-32-16)33(31-17)10-13-4-2-3-5-14(13)23/h2-9,35H,10-11H2,1H3,(H,28,29,30)/t21-/m1/s1/i11D2. The molecule has 36 heavy (non-hydrogen) atoms. The van der Waals surface area contributed by atoms with Crippen molar-refractivity contribution in [2.75, 3.05) is 11.8 Å². The molecule has 14 heteroatoms. The second kappa shape index (κ2) is 9.45. The highest BCUT2D eigenvalue weighted by Crippen LogP contribution is 2.32. The second-order valence-corrected chi connectivity index (χ2v) is 7.45. The predicted octanol–water partition coefficient (Wildman–Crippen LogP) is 3.62. The molecule has 9 nitrogen and oxygen atoms in total. The number of benzene rings is 1. The van der Waals surface area contributed by atoms with Crippen LogP contribution in [0.2, 0.25) is 0 Å². The number of hydrogen-bond donors (Lipinski definition) is 2. The number of aliphatic hydroxyl groups is 1. The quantitative estimate of drug-likeness (QED) is 0.345. The van der Waals surface area contributed by atoms with E-state index in [4.69, 9.17) is 7.26 Å². The van der Waals surface area contributed by atoms with Crippen molar-refractivity contribution in [2.24, 2.45) is 0 Å². The third-order valence-electron chi connectivity index (χ3n) is 5.01. The number of halogens is 5. The lowest BCUT2D eigenvalue weighted by Gasteiger charge is -2.28. The Morgan fingerprint density at radius 2 is 1.94 bits per heavy atom. The number of rotatable bonds is 8. The zero-order valence-corrected chi connectivity index (χ0v) is 18.2. The Hall–Kier alpha value is -4.20. The lowest BCUT2D eigenvalue weighted by Crippen LogP contribution is -2.56. The molecule has 0 aliphatic heterocycles. The fourth-order valence-electron chi connectivity index (χ4n) is 3.07. The van der Waals surface area contributed by atoms with Crippen LogP contribution in [0.3, 0.4) is 0 Å². The molecule has 3 heterocycles. The van der Waals surface area contributed by atoms with Crippen molar-refractivity contribution < 1.29 is 39.1 Å². The summed E-state index contributed by atoms with van der Waals surface area (Å²) in [5.74, 6) is -5.34. The number of ketones is 1. The largest absolute Gasteiger partial charge is 0.426 e. The summed E-state index contributed by atoms with van der Waals surface area (Å²) in [4.78, 5) is 19.1. The van der Waals surface area contributed by atoms with E-state index in [1.54, 1.807) is 6.07 Å². The van der Waals surface area contributed by atoms with E-state index in [1.807, 2.05) is 0 Å². The zero-order valence-electron chi connectivity index (χ0n) is 20.2. The Labute approximate surface area is 202 Å². The summed E-state index contributed by atoms with van der Waals surface area (Å²) in [6.07, 6.45) is -3.95. The molecule has 3 aromatic heterocycles. The van der Waals surface area contributed by atoms with Gasteiger partial charge in [-0.05, 0) is 19.1 Å². The van der Waals surface area contributed by atoms with Gasteiger partial charge in [-0.25, -0.2) is 18.7 Å². The van der Waals surface area contributed by atoms with Gasteiger partial charge in [-0.2, -0.15) is 18.3 Å². The number of anilines is 1. The minimum absolute atomic E-state index is 0.0689. The molecule has 0 aliphatic rings. The van der Waals surface area contributed by atoms with Crippen molar-refractivity contribution in [1.82, 2.24) is 24.9 Å². The summed E-state index contributed by atoms with van der Waals surface area (Å²) in [5.41, 5.74) is -3.79. The third-order valence-corrected chi connectivity index (χ3v) is 5.01. The van der Waals surface area contributed by atoms with Gasteiger partial charge < -0.3 is 14.9 Å². The van der Waals surface area contributed by atoms with Crippen LogP contribution in [0.15, 0.2) is 53.4 Å². The van der Waals surface area contributed by atoms with Crippen LogP contribution in [0.1, 0.15) is 15.2 Å². The van der Waals surface area contributed by atoms with Gasteiger partial charge in [0, 0.05) is 11.6 Å². The van der Waals surface area contributed by atoms with E-state index < -0.39 is 41.5 Å². The average molecular weight is 510 g/mol. The summed E-state index contributed by atoms with van der Waals surface area (Å²) in [6, 6.07) is 8.71. The smallest absolute Gasteiger partial charge is 0.373 e. The molecular weight excluding hydrogens is 491 g/mol. The molecule has 0 unspecified atom stereocenters. The monoisotopic (exact) mass is 510 g/mol. The zero-order chi connectivity index (χ0) is 27.9. The van der Waals surface area contributed by atoms with Crippen LogP contribution in [0.5, 0.6) is 0 Å². The number of Topliss-reactive ketones (excluding diaryl/α,β-unsaturated/α-hetero) is 1. The van der Waals surface area contributed by atoms with Crippen LogP contribution in [0.25, 0.3) is 22.9 Å². The number of nitrogens with one attached hydrogen (secondary N) is 1. The van der Waals surface area contributed by atoms with Gasteiger partial charge in [0.1, 0.15) is 23.5 Å². The Morgan fingerprint density at radius 1 is 1.19 bits per heavy atom. The first kappa shape index (κ1) is 22.3. The van der Waals surface area contributed by atoms with Gasteiger partial charge in [0.15, 0.2) is 23.2 Å². The number of aromatic nitrogens is 5. The highest BCUT2D eigenvalue weighted by atomic mass is 19.4. The molecule has 0 saturated carbocycles. The SMILES string of the molecule is [2H]C([2H])(Nc1nc(-c2cc(-c3ccon3)n(Cc3ccccc3F)n2)ncc1F)[C@@](O)(C(C)=O)C(F)(F)F. The van der Waals surface area contributed by atoms with Crippen LogP contribution in [0.4, 0.5) is 27.8 Å². The van der Waals surface area contributed by atoms with Gasteiger partial charge >= 0.3 is 6.18 Å². The Morgan fingerprint density at radius 3 is 2.58 bits per heavy atom. The van der Waals surface area contributed by atoms with Crippen LogP contribution >= 0.6 is 0 Å². The number of hydrogen-bond acceptors (Lipinski definition) is 8. The topological polar surface area (TPSA) is 119 Å². The first-order chi connectivity index (χ1) is 17.7. The summed E-state index contributed by atoms with van der Waals surface area (Å²) in [7, 11) is 0. The van der Waals surface area contributed by atoms with Crippen molar-refractivity contribution in [2.45, 2.75) is 25.2 Å². The molecule has 4 rings (SSSR count).